The van der Waals surface area contributed by atoms with Crippen molar-refractivity contribution in [2.24, 2.45) is 23.7 Å². The molecule has 2 aromatic rings. The standard InChI is InChI=1S/C20H18N2O6S2/c1-28-20(27)12-5-7-30-18(12)21-15(23)11-4-6-29-17(11)22-16(24)13-9-2-3-10(8-9)14(13)19(25)26/h2-7,9-10,13-14H,8H2,1H3,(H,21,23)(H,22,24)(H,25,26)/t9-,10-,13+,14+/m0/s1. The first-order valence-electron chi connectivity index (χ1n) is 9.17. The van der Waals surface area contributed by atoms with Crippen LogP contribution in [-0.2, 0) is 14.3 Å². The van der Waals surface area contributed by atoms with E-state index in [2.05, 4.69) is 10.6 Å². The van der Waals surface area contributed by atoms with Crippen molar-refractivity contribution in [3.8, 4) is 0 Å². The van der Waals surface area contributed by atoms with Crippen LogP contribution >= 0.6 is 22.7 Å². The van der Waals surface area contributed by atoms with Crippen molar-refractivity contribution in [1.29, 1.82) is 0 Å². The van der Waals surface area contributed by atoms with Crippen molar-refractivity contribution >= 4 is 56.4 Å². The van der Waals surface area contributed by atoms with Crippen LogP contribution in [0, 0.1) is 23.7 Å². The van der Waals surface area contributed by atoms with Crippen molar-refractivity contribution < 1.29 is 29.0 Å². The first-order valence-corrected chi connectivity index (χ1v) is 10.9. The van der Waals surface area contributed by atoms with Crippen LogP contribution in [0.4, 0.5) is 10.0 Å². The third kappa shape index (κ3) is 3.52. The van der Waals surface area contributed by atoms with E-state index < -0.39 is 35.6 Å². The fourth-order valence-electron chi connectivity index (χ4n) is 4.14. The number of nitrogens with one attached hydrogen (secondary N) is 2. The number of fused-ring (bicyclic) bond motifs is 2. The molecule has 4 atom stereocenters. The fourth-order valence-corrected chi connectivity index (χ4v) is 5.70. The van der Waals surface area contributed by atoms with Gasteiger partial charge in [0.25, 0.3) is 5.91 Å². The average molecular weight is 447 g/mol. The van der Waals surface area contributed by atoms with Crippen molar-refractivity contribution in [2.75, 3.05) is 17.7 Å². The normalized spacial score (nSPS) is 23.9. The molecule has 10 heteroatoms. The zero-order valence-corrected chi connectivity index (χ0v) is 17.4. The molecule has 30 heavy (non-hydrogen) atoms. The summed E-state index contributed by atoms with van der Waals surface area (Å²) in [5.74, 6) is -4.10. The SMILES string of the molecule is COC(=O)c1ccsc1NC(=O)c1ccsc1NC(=O)[C@H]1[C@H](C(=O)O)[C@H]2C=C[C@H]1C2. The van der Waals surface area contributed by atoms with Gasteiger partial charge in [0.1, 0.15) is 10.0 Å². The Morgan fingerprint density at radius 2 is 1.57 bits per heavy atom. The molecule has 2 heterocycles. The molecule has 0 saturated heterocycles. The first kappa shape index (κ1) is 20.3. The Morgan fingerprint density at radius 1 is 0.967 bits per heavy atom. The maximum atomic E-state index is 12.9. The highest BCUT2D eigenvalue weighted by Gasteiger charge is 2.51. The van der Waals surface area contributed by atoms with E-state index >= 15 is 0 Å². The fraction of sp³-hybridized carbons (Fsp3) is 0.300. The Bertz CT molecular complexity index is 1060. The molecule has 4 rings (SSSR count). The summed E-state index contributed by atoms with van der Waals surface area (Å²) in [4.78, 5) is 49.1. The molecule has 2 bridgehead atoms. The molecule has 156 valence electrons. The Kier molecular flexibility index (Phi) is 5.44. The summed E-state index contributed by atoms with van der Waals surface area (Å²) in [7, 11) is 1.26. The lowest BCUT2D eigenvalue weighted by Crippen LogP contribution is -2.36. The number of aliphatic carboxylic acids is 1. The lowest BCUT2D eigenvalue weighted by Gasteiger charge is -2.23. The second kappa shape index (κ2) is 8.04. The first-order chi connectivity index (χ1) is 14.4. The minimum absolute atomic E-state index is 0.109. The van der Waals surface area contributed by atoms with Crippen LogP contribution in [-0.4, -0.2) is 36.0 Å². The second-order valence-electron chi connectivity index (χ2n) is 7.10. The van der Waals surface area contributed by atoms with Crippen LogP contribution in [0.25, 0.3) is 0 Å². The van der Waals surface area contributed by atoms with E-state index in [9.17, 15) is 24.3 Å². The van der Waals surface area contributed by atoms with Crippen LogP contribution < -0.4 is 10.6 Å². The molecule has 0 unspecified atom stereocenters. The lowest BCUT2D eigenvalue weighted by molar-refractivity contribution is -0.146. The van der Waals surface area contributed by atoms with Crippen LogP contribution in [0.1, 0.15) is 27.1 Å². The van der Waals surface area contributed by atoms with Crippen molar-refractivity contribution in [2.45, 2.75) is 6.42 Å². The number of amides is 2. The van der Waals surface area contributed by atoms with Gasteiger partial charge in [-0.3, -0.25) is 14.4 Å². The van der Waals surface area contributed by atoms with E-state index in [1.165, 1.54) is 29.8 Å². The summed E-state index contributed by atoms with van der Waals surface area (Å²) in [6.45, 7) is 0. The molecule has 2 aromatic heterocycles. The Balaban J connectivity index is 1.50. The smallest absolute Gasteiger partial charge is 0.340 e. The predicted molar refractivity (Wildman–Crippen MR) is 112 cm³/mol. The minimum Gasteiger partial charge on any atom is -0.481 e. The number of ether oxygens (including phenoxy) is 1. The summed E-state index contributed by atoms with van der Waals surface area (Å²) >= 11 is 2.36. The number of carboxylic acids is 1. The number of methoxy groups -OCH3 is 1. The van der Waals surface area contributed by atoms with E-state index in [-0.39, 0.29) is 23.0 Å². The van der Waals surface area contributed by atoms with Gasteiger partial charge in [0, 0.05) is 0 Å². The number of rotatable bonds is 6. The minimum atomic E-state index is -0.982. The number of hydrogen-bond acceptors (Lipinski definition) is 7. The highest BCUT2D eigenvalue weighted by Crippen LogP contribution is 2.48. The third-order valence-corrected chi connectivity index (χ3v) is 7.15. The maximum absolute atomic E-state index is 12.9. The van der Waals surface area contributed by atoms with E-state index in [4.69, 9.17) is 4.74 Å². The Morgan fingerprint density at radius 3 is 2.20 bits per heavy atom. The molecular weight excluding hydrogens is 428 g/mol. The molecule has 3 N–H and O–H groups in total. The molecule has 2 aliphatic carbocycles. The van der Waals surface area contributed by atoms with Crippen molar-refractivity contribution in [1.82, 2.24) is 0 Å². The zero-order valence-electron chi connectivity index (χ0n) is 15.8. The van der Waals surface area contributed by atoms with Gasteiger partial charge < -0.3 is 20.5 Å². The van der Waals surface area contributed by atoms with Gasteiger partial charge in [0.05, 0.1) is 30.1 Å². The summed E-state index contributed by atoms with van der Waals surface area (Å²) < 4.78 is 4.70. The molecule has 2 amide bonds. The van der Waals surface area contributed by atoms with Gasteiger partial charge in [-0.25, -0.2) is 4.79 Å². The van der Waals surface area contributed by atoms with E-state index in [0.29, 0.717) is 16.4 Å². The molecular formula is C20H18N2O6S2. The summed E-state index contributed by atoms with van der Waals surface area (Å²) in [6, 6.07) is 3.12. The van der Waals surface area contributed by atoms with Gasteiger partial charge in [0.2, 0.25) is 5.91 Å². The monoisotopic (exact) mass is 446 g/mol. The van der Waals surface area contributed by atoms with Gasteiger partial charge >= 0.3 is 11.9 Å². The summed E-state index contributed by atoms with van der Waals surface area (Å²) in [5, 5.41) is 19.0. The van der Waals surface area contributed by atoms with Gasteiger partial charge in [-0.05, 0) is 41.1 Å². The molecule has 2 aliphatic rings. The number of carbonyl (C=O) groups is 4. The van der Waals surface area contributed by atoms with E-state index in [0.717, 1.165) is 0 Å². The average Bonchev–Trinajstić information content (AvgIpc) is 3.50. The number of anilines is 2. The molecule has 0 aromatic carbocycles. The number of carboxylic acid groups (broad SMARTS) is 1. The van der Waals surface area contributed by atoms with Crippen molar-refractivity contribution in [3.05, 3.63) is 46.2 Å². The quantitative estimate of drug-likeness (QED) is 0.462. The Hall–Kier alpha value is -2.98. The maximum Gasteiger partial charge on any atom is 0.340 e. The summed E-state index contributed by atoms with van der Waals surface area (Å²) in [5.41, 5.74) is 0.484. The molecule has 0 radical (unpaired) electrons. The number of allylic oxidation sites excluding steroid dienone is 2. The number of esters is 1. The van der Waals surface area contributed by atoms with Gasteiger partial charge in [-0.1, -0.05) is 12.2 Å². The zero-order chi connectivity index (χ0) is 21.4. The van der Waals surface area contributed by atoms with Crippen LogP contribution in [0.2, 0.25) is 0 Å². The largest absolute Gasteiger partial charge is 0.481 e. The molecule has 0 aliphatic heterocycles. The molecule has 1 saturated carbocycles. The van der Waals surface area contributed by atoms with Crippen LogP contribution in [0.15, 0.2) is 35.0 Å². The van der Waals surface area contributed by atoms with Gasteiger partial charge in [-0.2, -0.15) is 0 Å². The topological polar surface area (TPSA) is 122 Å². The van der Waals surface area contributed by atoms with Gasteiger partial charge in [0.15, 0.2) is 0 Å². The highest BCUT2D eigenvalue weighted by molar-refractivity contribution is 7.15. The lowest BCUT2D eigenvalue weighted by atomic mass is 9.82. The number of hydrogen-bond donors (Lipinski definition) is 3. The van der Waals surface area contributed by atoms with E-state index in [1.807, 2.05) is 12.2 Å². The van der Waals surface area contributed by atoms with Crippen LogP contribution in [0.3, 0.4) is 0 Å². The van der Waals surface area contributed by atoms with E-state index in [1.54, 1.807) is 22.9 Å². The molecule has 0 spiro atoms. The van der Waals surface area contributed by atoms with Crippen LogP contribution in [0.5, 0.6) is 0 Å². The number of carbonyl (C=O) groups excluding carboxylic acids is 3. The molecule has 1 fully saturated rings. The third-order valence-electron chi connectivity index (χ3n) is 5.49. The van der Waals surface area contributed by atoms with Gasteiger partial charge in [-0.15, -0.1) is 22.7 Å². The number of thiophene rings is 2. The Labute approximate surface area is 179 Å². The summed E-state index contributed by atoms with van der Waals surface area (Å²) in [6.07, 6.45) is 4.43. The predicted octanol–water partition coefficient (Wildman–Crippen LogP) is 3.31. The highest BCUT2D eigenvalue weighted by atomic mass is 32.1. The second-order valence-corrected chi connectivity index (χ2v) is 8.93. The van der Waals surface area contributed by atoms with Crippen molar-refractivity contribution in [3.63, 3.8) is 0 Å². The molecule has 8 nitrogen and oxygen atoms in total.